The fourth-order valence-corrected chi connectivity index (χ4v) is 0.950. The number of esters is 2. The molecule has 0 radical (unpaired) electrons. The third-order valence-electron chi connectivity index (χ3n) is 2.20. The number of hydrogen-bond donors (Lipinski definition) is 4. The average Bonchev–Trinajstić information content (AvgIpc) is 2.55. The van der Waals surface area contributed by atoms with E-state index < -0.39 is 37.4 Å². The molecular weight excluding hydrogens is 328 g/mol. The predicted octanol–water partition coefficient (Wildman–Crippen LogP) is -2.28. The van der Waals surface area contributed by atoms with Crippen LogP contribution in [0, 0.1) is 0 Å². The Bertz CT molecular complexity index is 356. The maximum absolute atomic E-state index is 11.1. The minimum Gasteiger partial charge on any atom is -0.463 e. The van der Waals surface area contributed by atoms with Gasteiger partial charge in [0.1, 0.15) is 37.5 Å². The van der Waals surface area contributed by atoms with Crippen molar-refractivity contribution >= 4 is 24.0 Å². The Hall–Kier alpha value is -1.88. The molecule has 0 heterocycles. The van der Waals surface area contributed by atoms with Gasteiger partial charge in [0.15, 0.2) is 0 Å². The van der Waals surface area contributed by atoms with E-state index in [1.807, 2.05) is 0 Å². The Morgan fingerprint density at radius 1 is 0.917 bits per heavy atom. The van der Waals surface area contributed by atoms with Gasteiger partial charge in [-0.1, -0.05) is 0 Å². The monoisotopic (exact) mass is 352 g/mol. The molecule has 24 heavy (non-hydrogen) atoms. The van der Waals surface area contributed by atoms with Gasteiger partial charge in [-0.05, 0) is 6.92 Å². The summed E-state index contributed by atoms with van der Waals surface area (Å²) in [5.74, 6) is -1.49. The predicted molar refractivity (Wildman–Crippen MR) is 78.7 cm³/mol. The molecule has 0 aliphatic heterocycles. The lowest BCUT2D eigenvalue weighted by Gasteiger charge is -2.09. The maximum Gasteiger partial charge on any atom is 0.306 e. The van der Waals surface area contributed by atoms with Crippen molar-refractivity contribution in [1.82, 2.24) is 0 Å². The number of ether oxygens (including phenoxy) is 2. The number of rotatable bonds is 11. The molecule has 0 rings (SSSR count). The number of aliphatic hydroxyl groups excluding tert-OH is 4. The lowest BCUT2D eigenvalue weighted by molar-refractivity contribution is -0.154. The van der Waals surface area contributed by atoms with Crippen LogP contribution in [0.15, 0.2) is 0 Å². The van der Waals surface area contributed by atoms with Crippen LogP contribution in [0.25, 0.3) is 0 Å². The van der Waals surface area contributed by atoms with Gasteiger partial charge in [-0.2, -0.15) is 0 Å². The zero-order valence-corrected chi connectivity index (χ0v) is 13.4. The van der Waals surface area contributed by atoms with Crippen molar-refractivity contribution in [1.29, 1.82) is 0 Å². The molecular formula is C14H24O10. The molecule has 0 saturated carbocycles. The molecule has 4 N–H and O–H groups in total. The molecule has 2 unspecified atom stereocenters. The Kier molecular flexibility index (Phi) is 16.2. The van der Waals surface area contributed by atoms with Gasteiger partial charge in [-0.25, -0.2) is 0 Å². The van der Waals surface area contributed by atoms with E-state index in [2.05, 4.69) is 9.47 Å². The summed E-state index contributed by atoms with van der Waals surface area (Å²) in [6.45, 7) is -0.335. The summed E-state index contributed by atoms with van der Waals surface area (Å²) < 4.78 is 9.09. The summed E-state index contributed by atoms with van der Waals surface area (Å²) >= 11 is 0. The highest BCUT2D eigenvalue weighted by Gasteiger charge is 2.12. The summed E-state index contributed by atoms with van der Waals surface area (Å²) in [7, 11) is 0. The van der Waals surface area contributed by atoms with Gasteiger partial charge in [0.2, 0.25) is 0 Å². The van der Waals surface area contributed by atoms with Crippen LogP contribution in [-0.4, -0.2) is 83.1 Å². The Labute approximate surface area is 139 Å². The number of aldehydes is 1. The molecule has 2 atom stereocenters. The van der Waals surface area contributed by atoms with E-state index in [1.54, 1.807) is 0 Å². The fourth-order valence-electron chi connectivity index (χ4n) is 0.950. The van der Waals surface area contributed by atoms with E-state index in [1.165, 1.54) is 6.92 Å². The van der Waals surface area contributed by atoms with Gasteiger partial charge in [-0.3, -0.25) is 14.4 Å². The van der Waals surface area contributed by atoms with Crippen molar-refractivity contribution in [2.45, 2.75) is 38.4 Å². The highest BCUT2D eigenvalue weighted by atomic mass is 16.5. The number of ketones is 1. The SMILES string of the molecule is CC(=O)CC=O.O=C(CCC(=O)OCC(O)CO)OCC(O)CO. The van der Waals surface area contributed by atoms with Crippen molar-refractivity contribution < 1.29 is 49.1 Å². The number of carbonyl (C=O) groups is 4. The highest BCUT2D eigenvalue weighted by molar-refractivity contribution is 5.87. The first-order valence-electron chi connectivity index (χ1n) is 7.08. The summed E-state index contributed by atoms with van der Waals surface area (Å²) in [5, 5.41) is 34.7. The smallest absolute Gasteiger partial charge is 0.306 e. The minimum absolute atomic E-state index is 0.0556. The second kappa shape index (κ2) is 16.0. The summed E-state index contributed by atoms with van der Waals surface area (Å²) in [6, 6.07) is 0. The molecule has 0 amide bonds. The van der Waals surface area contributed by atoms with E-state index in [-0.39, 0.29) is 38.3 Å². The summed E-state index contributed by atoms with van der Waals surface area (Å²) in [4.78, 5) is 41.3. The number of hydrogen-bond acceptors (Lipinski definition) is 10. The average molecular weight is 352 g/mol. The largest absolute Gasteiger partial charge is 0.463 e. The molecule has 0 bridgehead atoms. The number of aliphatic hydroxyl groups is 4. The molecule has 0 fully saturated rings. The van der Waals surface area contributed by atoms with Gasteiger partial charge in [0.05, 0.1) is 32.5 Å². The first-order chi connectivity index (χ1) is 11.3. The molecule has 0 spiro atoms. The fraction of sp³-hybridized carbons (Fsp3) is 0.714. The second-order valence-corrected chi connectivity index (χ2v) is 4.61. The van der Waals surface area contributed by atoms with Crippen molar-refractivity contribution in [3.05, 3.63) is 0 Å². The maximum atomic E-state index is 11.1. The van der Waals surface area contributed by atoms with Crippen LogP contribution in [0.1, 0.15) is 26.2 Å². The molecule has 0 aliphatic carbocycles. The van der Waals surface area contributed by atoms with Crippen molar-refractivity contribution in [3.63, 3.8) is 0 Å². The van der Waals surface area contributed by atoms with E-state index in [0.717, 1.165) is 0 Å². The van der Waals surface area contributed by atoms with Gasteiger partial charge < -0.3 is 34.7 Å². The summed E-state index contributed by atoms with van der Waals surface area (Å²) in [5.41, 5.74) is 0. The zero-order chi connectivity index (χ0) is 19.0. The van der Waals surface area contributed by atoms with Crippen LogP contribution in [0.5, 0.6) is 0 Å². The summed E-state index contributed by atoms with van der Waals surface area (Å²) in [6.07, 6.45) is -2.08. The van der Waals surface area contributed by atoms with Crippen molar-refractivity contribution in [2.24, 2.45) is 0 Å². The van der Waals surface area contributed by atoms with E-state index >= 15 is 0 Å². The number of carbonyl (C=O) groups excluding carboxylic acids is 4. The van der Waals surface area contributed by atoms with Crippen LogP contribution in [0.3, 0.4) is 0 Å². The third-order valence-corrected chi connectivity index (χ3v) is 2.20. The van der Waals surface area contributed by atoms with Crippen LogP contribution in [0.4, 0.5) is 0 Å². The van der Waals surface area contributed by atoms with E-state index in [4.69, 9.17) is 20.4 Å². The quantitative estimate of drug-likeness (QED) is 0.181. The van der Waals surface area contributed by atoms with Gasteiger partial charge in [-0.15, -0.1) is 0 Å². The zero-order valence-electron chi connectivity index (χ0n) is 13.4. The van der Waals surface area contributed by atoms with Gasteiger partial charge in [0, 0.05) is 0 Å². The molecule has 0 aromatic rings. The van der Waals surface area contributed by atoms with Crippen molar-refractivity contribution in [3.8, 4) is 0 Å². The lowest BCUT2D eigenvalue weighted by Crippen LogP contribution is -2.23. The minimum atomic E-state index is -1.14. The van der Waals surface area contributed by atoms with E-state index in [0.29, 0.717) is 6.29 Å². The molecule has 0 saturated heterocycles. The molecule has 0 aromatic heterocycles. The molecule has 10 nitrogen and oxygen atoms in total. The first kappa shape index (κ1) is 24.4. The Morgan fingerprint density at radius 2 is 1.29 bits per heavy atom. The first-order valence-corrected chi connectivity index (χ1v) is 7.08. The molecule has 10 heteroatoms. The number of Topliss-reactive ketones (excluding diaryl/α,β-unsaturated/α-hetero) is 1. The molecule has 140 valence electrons. The van der Waals surface area contributed by atoms with Gasteiger partial charge >= 0.3 is 11.9 Å². The lowest BCUT2D eigenvalue weighted by atomic mass is 10.3. The standard InChI is InChI=1S/C10H18O8.C4H6O2/c11-3-7(13)5-17-9(15)1-2-10(16)18-6-8(14)4-12;1-4(6)2-3-5/h7-8,11-14H,1-6H2;3H,2H2,1H3. The third kappa shape index (κ3) is 18.2. The molecule has 0 aromatic carbocycles. The van der Waals surface area contributed by atoms with Crippen LogP contribution < -0.4 is 0 Å². The van der Waals surface area contributed by atoms with Crippen LogP contribution in [0.2, 0.25) is 0 Å². The van der Waals surface area contributed by atoms with Crippen LogP contribution in [-0.2, 0) is 28.7 Å². The second-order valence-electron chi connectivity index (χ2n) is 4.61. The Balaban J connectivity index is 0. The van der Waals surface area contributed by atoms with Crippen molar-refractivity contribution in [2.75, 3.05) is 26.4 Å². The molecule has 0 aliphatic rings. The Morgan fingerprint density at radius 3 is 1.50 bits per heavy atom. The normalized spacial score (nSPS) is 12.2. The van der Waals surface area contributed by atoms with E-state index in [9.17, 15) is 19.2 Å². The van der Waals surface area contributed by atoms with Gasteiger partial charge in [0.25, 0.3) is 0 Å². The highest BCUT2D eigenvalue weighted by Crippen LogP contribution is 1.98. The van der Waals surface area contributed by atoms with Crippen LogP contribution >= 0.6 is 0 Å². The topological polar surface area (TPSA) is 168 Å².